The van der Waals surface area contributed by atoms with Crippen molar-refractivity contribution in [2.24, 2.45) is 0 Å². The maximum atomic E-state index is 11.8. The quantitative estimate of drug-likeness (QED) is 0.835. The molecule has 2 rings (SSSR count). The SMILES string of the molecule is COc1cccc(CCC(=O)NCCN2CCCCC2=O)c1. The van der Waals surface area contributed by atoms with Crippen molar-refractivity contribution in [3.63, 3.8) is 0 Å². The van der Waals surface area contributed by atoms with E-state index in [2.05, 4.69) is 5.32 Å². The van der Waals surface area contributed by atoms with Crippen molar-refractivity contribution in [3.05, 3.63) is 29.8 Å². The van der Waals surface area contributed by atoms with Crippen LogP contribution in [0.25, 0.3) is 0 Å². The average molecular weight is 304 g/mol. The number of amides is 2. The molecule has 0 atom stereocenters. The molecule has 1 N–H and O–H groups in total. The van der Waals surface area contributed by atoms with Gasteiger partial charge < -0.3 is 15.0 Å². The minimum atomic E-state index is 0.0206. The fourth-order valence-corrected chi connectivity index (χ4v) is 2.60. The second kappa shape index (κ2) is 8.41. The molecule has 0 unspecified atom stereocenters. The predicted molar refractivity (Wildman–Crippen MR) is 84.8 cm³/mol. The van der Waals surface area contributed by atoms with Gasteiger partial charge in [-0.2, -0.15) is 0 Å². The summed E-state index contributed by atoms with van der Waals surface area (Å²) >= 11 is 0. The largest absolute Gasteiger partial charge is 0.497 e. The molecule has 1 saturated heterocycles. The molecular formula is C17H24N2O3. The van der Waals surface area contributed by atoms with E-state index in [4.69, 9.17) is 4.74 Å². The number of hydrogen-bond acceptors (Lipinski definition) is 3. The highest BCUT2D eigenvalue weighted by Crippen LogP contribution is 2.14. The van der Waals surface area contributed by atoms with Crippen molar-refractivity contribution in [2.75, 3.05) is 26.7 Å². The van der Waals surface area contributed by atoms with Gasteiger partial charge in [0.05, 0.1) is 7.11 Å². The zero-order chi connectivity index (χ0) is 15.8. The number of carbonyl (C=O) groups is 2. The number of benzene rings is 1. The molecule has 0 aliphatic carbocycles. The first-order valence-corrected chi connectivity index (χ1v) is 7.86. The van der Waals surface area contributed by atoms with Crippen LogP contribution in [0.4, 0.5) is 0 Å². The third-order valence-corrected chi connectivity index (χ3v) is 3.90. The summed E-state index contributed by atoms with van der Waals surface area (Å²) in [4.78, 5) is 25.3. The molecule has 1 aromatic carbocycles. The van der Waals surface area contributed by atoms with Gasteiger partial charge in [0.2, 0.25) is 11.8 Å². The summed E-state index contributed by atoms with van der Waals surface area (Å²) in [5.74, 6) is 1.03. The smallest absolute Gasteiger partial charge is 0.222 e. The molecule has 2 amide bonds. The summed E-state index contributed by atoms with van der Waals surface area (Å²) in [5.41, 5.74) is 1.08. The van der Waals surface area contributed by atoms with E-state index in [1.165, 1.54) is 0 Å². The minimum absolute atomic E-state index is 0.0206. The molecule has 1 aliphatic heterocycles. The predicted octanol–water partition coefficient (Wildman–Crippen LogP) is 1.76. The maximum Gasteiger partial charge on any atom is 0.222 e. The lowest BCUT2D eigenvalue weighted by Gasteiger charge is -2.26. The topological polar surface area (TPSA) is 58.6 Å². The minimum Gasteiger partial charge on any atom is -0.497 e. The van der Waals surface area contributed by atoms with Crippen LogP contribution in [0.15, 0.2) is 24.3 Å². The first-order chi connectivity index (χ1) is 10.7. The van der Waals surface area contributed by atoms with Gasteiger partial charge >= 0.3 is 0 Å². The van der Waals surface area contributed by atoms with Gasteiger partial charge in [-0.15, -0.1) is 0 Å². The van der Waals surface area contributed by atoms with E-state index in [9.17, 15) is 9.59 Å². The van der Waals surface area contributed by atoms with Crippen LogP contribution in [-0.2, 0) is 16.0 Å². The first-order valence-electron chi connectivity index (χ1n) is 7.86. The van der Waals surface area contributed by atoms with Crippen molar-refractivity contribution in [1.29, 1.82) is 0 Å². The summed E-state index contributed by atoms with van der Waals surface area (Å²) in [6.45, 7) is 1.96. The van der Waals surface area contributed by atoms with Gasteiger partial charge in [0.25, 0.3) is 0 Å². The molecule has 0 radical (unpaired) electrons. The Morgan fingerprint density at radius 1 is 1.36 bits per heavy atom. The number of carbonyl (C=O) groups excluding carboxylic acids is 2. The second-order valence-corrected chi connectivity index (χ2v) is 5.54. The monoisotopic (exact) mass is 304 g/mol. The van der Waals surface area contributed by atoms with Crippen molar-refractivity contribution in [1.82, 2.24) is 10.2 Å². The Labute approximate surface area is 131 Å². The van der Waals surface area contributed by atoms with Crippen molar-refractivity contribution in [2.45, 2.75) is 32.1 Å². The number of likely N-dealkylation sites (tertiary alicyclic amines) is 1. The van der Waals surface area contributed by atoms with Crippen LogP contribution in [0.2, 0.25) is 0 Å². The van der Waals surface area contributed by atoms with E-state index in [1.807, 2.05) is 29.2 Å². The van der Waals surface area contributed by atoms with E-state index >= 15 is 0 Å². The standard InChI is InChI=1S/C17H24N2O3/c1-22-15-6-4-5-14(13-15)8-9-16(20)18-10-12-19-11-3-2-7-17(19)21/h4-6,13H,2-3,7-12H2,1H3,(H,18,20). The number of rotatable bonds is 7. The number of aryl methyl sites for hydroxylation is 1. The molecule has 1 aromatic rings. The van der Waals surface area contributed by atoms with Gasteiger partial charge in [-0.3, -0.25) is 9.59 Å². The van der Waals surface area contributed by atoms with Gasteiger partial charge in [-0.1, -0.05) is 12.1 Å². The molecule has 5 nitrogen and oxygen atoms in total. The summed E-state index contributed by atoms with van der Waals surface area (Å²) in [6.07, 6.45) is 3.83. The molecule has 1 heterocycles. The van der Waals surface area contributed by atoms with Gasteiger partial charge in [0, 0.05) is 32.5 Å². The van der Waals surface area contributed by atoms with Crippen LogP contribution >= 0.6 is 0 Å². The highest BCUT2D eigenvalue weighted by Gasteiger charge is 2.17. The maximum absolute atomic E-state index is 11.8. The molecule has 0 spiro atoms. The molecule has 0 bridgehead atoms. The number of hydrogen-bond donors (Lipinski definition) is 1. The Morgan fingerprint density at radius 3 is 3.00 bits per heavy atom. The van der Waals surface area contributed by atoms with Crippen LogP contribution in [0.5, 0.6) is 5.75 Å². The third kappa shape index (κ3) is 5.06. The van der Waals surface area contributed by atoms with Crippen LogP contribution < -0.4 is 10.1 Å². The number of methoxy groups -OCH3 is 1. The second-order valence-electron chi connectivity index (χ2n) is 5.54. The summed E-state index contributed by atoms with van der Waals surface area (Å²) < 4.78 is 5.17. The summed E-state index contributed by atoms with van der Waals surface area (Å²) in [7, 11) is 1.63. The van der Waals surface area contributed by atoms with Crippen molar-refractivity contribution < 1.29 is 14.3 Å². The Balaban J connectivity index is 1.66. The van der Waals surface area contributed by atoms with Crippen LogP contribution in [0.3, 0.4) is 0 Å². The van der Waals surface area contributed by atoms with Crippen molar-refractivity contribution in [3.8, 4) is 5.75 Å². The number of piperidine rings is 1. The third-order valence-electron chi connectivity index (χ3n) is 3.90. The van der Waals surface area contributed by atoms with E-state index < -0.39 is 0 Å². The molecule has 1 fully saturated rings. The molecule has 1 aliphatic rings. The fraction of sp³-hybridized carbons (Fsp3) is 0.529. The zero-order valence-corrected chi connectivity index (χ0v) is 13.1. The van der Waals surface area contributed by atoms with Gasteiger partial charge in [-0.05, 0) is 37.0 Å². The molecule has 22 heavy (non-hydrogen) atoms. The lowest BCUT2D eigenvalue weighted by molar-refractivity contribution is -0.133. The van der Waals surface area contributed by atoms with E-state index in [0.29, 0.717) is 32.4 Å². The lowest BCUT2D eigenvalue weighted by atomic mass is 10.1. The van der Waals surface area contributed by atoms with Crippen LogP contribution in [0.1, 0.15) is 31.2 Å². The normalized spacial score (nSPS) is 14.8. The summed E-state index contributed by atoms with van der Waals surface area (Å²) in [6, 6.07) is 7.75. The fourth-order valence-electron chi connectivity index (χ4n) is 2.60. The van der Waals surface area contributed by atoms with Gasteiger partial charge in [0.15, 0.2) is 0 Å². The molecule has 5 heteroatoms. The Morgan fingerprint density at radius 2 is 2.23 bits per heavy atom. The van der Waals surface area contributed by atoms with E-state index in [-0.39, 0.29) is 11.8 Å². The van der Waals surface area contributed by atoms with E-state index in [1.54, 1.807) is 7.11 Å². The Kier molecular flexibility index (Phi) is 6.25. The Bertz CT molecular complexity index is 516. The zero-order valence-electron chi connectivity index (χ0n) is 13.1. The molecule has 0 saturated carbocycles. The number of nitrogens with one attached hydrogen (secondary N) is 1. The van der Waals surface area contributed by atoms with Gasteiger partial charge in [-0.25, -0.2) is 0 Å². The molecule has 0 aromatic heterocycles. The van der Waals surface area contributed by atoms with E-state index in [0.717, 1.165) is 30.7 Å². The first kappa shape index (κ1) is 16.3. The lowest BCUT2D eigenvalue weighted by Crippen LogP contribution is -2.41. The summed E-state index contributed by atoms with van der Waals surface area (Å²) in [5, 5.41) is 2.89. The molecular weight excluding hydrogens is 280 g/mol. The molecule has 120 valence electrons. The number of nitrogens with zero attached hydrogens (tertiary/aromatic N) is 1. The van der Waals surface area contributed by atoms with Crippen LogP contribution in [-0.4, -0.2) is 43.5 Å². The highest BCUT2D eigenvalue weighted by molar-refractivity contribution is 5.77. The Hall–Kier alpha value is -2.04. The average Bonchev–Trinajstić information content (AvgIpc) is 2.55. The number of ether oxygens (including phenoxy) is 1. The van der Waals surface area contributed by atoms with Gasteiger partial charge in [0.1, 0.15) is 5.75 Å². The van der Waals surface area contributed by atoms with Crippen LogP contribution in [0, 0.1) is 0 Å². The van der Waals surface area contributed by atoms with Crippen molar-refractivity contribution >= 4 is 11.8 Å². The highest BCUT2D eigenvalue weighted by atomic mass is 16.5.